The number of carbonyl (C=O) groups is 2. The van der Waals surface area contributed by atoms with Gasteiger partial charge in [-0.3, -0.25) is 0 Å². The lowest BCUT2D eigenvalue weighted by molar-refractivity contribution is -0.189. The Bertz CT molecular complexity index is 585. The SMILES string of the molecule is CC1=C2CCCCC2(C23CCCCC2=C(C)C(=O)O3)OC1=O. The molecule has 0 bridgehead atoms. The molecule has 22 heavy (non-hydrogen) atoms. The molecule has 0 saturated heterocycles. The van der Waals surface area contributed by atoms with Gasteiger partial charge in [0.1, 0.15) is 0 Å². The first-order valence-electron chi connectivity index (χ1n) is 8.39. The van der Waals surface area contributed by atoms with Gasteiger partial charge >= 0.3 is 11.9 Å². The van der Waals surface area contributed by atoms with Crippen LogP contribution in [0.5, 0.6) is 0 Å². The van der Waals surface area contributed by atoms with Gasteiger partial charge in [-0.15, -0.1) is 0 Å². The van der Waals surface area contributed by atoms with Gasteiger partial charge in [0.05, 0.1) is 0 Å². The Hall–Kier alpha value is -1.58. The predicted molar refractivity (Wildman–Crippen MR) is 80.0 cm³/mol. The minimum Gasteiger partial charge on any atom is -0.446 e. The van der Waals surface area contributed by atoms with Gasteiger partial charge in [-0.05, 0) is 76.4 Å². The highest BCUT2D eigenvalue weighted by molar-refractivity contribution is 5.96. The Kier molecular flexibility index (Phi) is 2.85. The fraction of sp³-hybridized carbons (Fsp3) is 0.667. The van der Waals surface area contributed by atoms with Crippen LogP contribution < -0.4 is 0 Å². The molecule has 0 N–H and O–H groups in total. The van der Waals surface area contributed by atoms with E-state index in [0.29, 0.717) is 0 Å². The molecule has 118 valence electrons. The molecule has 2 atom stereocenters. The van der Waals surface area contributed by atoms with Crippen LogP contribution in [-0.4, -0.2) is 23.1 Å². The van der Waals surface area contributed by atoms with Gasteiger partial charge < -0.3 is 9.47 Å². The standard InChI is InChI=1S/C18H22O4/c1-11-13-7-3-5-9-17(13,21-15(11)19)18-10-6-4-8-14(18)12(2)16(20)22-18/h3-10H2,1-2H3. The van der Waals surface area contributed by atoms with Crippen molar-refractivity contribution in [2.24, 2.45) is 0 Å². The second kappa shape index (κ2) is 4.46. The van der Waals surface area contributed by atoms with Gasteiger partial charge in [-0.25, -0.2) is 9.59 Å². The first-order valence-corrected chi connectivity index (χ1v) is 8.39. The highest BCUT2D eigenvalue weighted by Gasteiger charge is 2.67. The molecule has 4 aliphatic rings. The Morgan fingerprint density at radius 1 is 0.727 bits per heavy atom. The molecule has 2 aliphatic heterocycles. The summed E-state index contributed by atoms with van der Waals surface area (Å²) >= 11 is 0. The lowest BCUT2D eigenvalue weighted by Gasteiger charge is -2.50. The lowest BCUT2D eigenvalue weighted by atomic mass is 9.62. The zero-order valence-corrected chi connectivity index (χ0v) is 13.3. The molecular formula is C18H22O4. The Morgan fingerprint density at radius 3 is 1.55 bits per heavy atom. The van der Waals surface area contributed by atoms with E-state index >= 15 is 0 Å². The van der Waals surface area contributed by atoms with Crippen LogP contribution in [-0.2, 0) is 19.1 Å². The van der Waals surface area contributed by atoms with Gasteiger partial charge in [0.15, 0.2) is 11.2 Å². The summed E-state index contributed by atoms with van der Waals surface area (Å²) in [4.78, 5) is 24.6. The quantitative estimate of drug-likeness (QED) is 0.697. The summed E-state index contributed by atoms with van der Waals surface area (Å²) in [5, 5.41) is 0. The summed E-state index contributed by atoms with van der Waals surface area (Å²) in [5.41, 5.74) is 2.20. The fourth-order valence-electron chi connectivity index (χ4n) is 5.04. The molecule has 2 heterocycles. The first-order chi connectivity index (χ1) is 10.5. The number of carbonyl (C=O) groups excluding carboxylic acids is 2. The van der Waals surface area contributed by atoms with E-state index in [2.05, 4.69) is 0 Å². The molecule has 2 fully saturated rings. The van der Waals surface area contributed by atoms with Crippen molar-refractivity contribution in [2.75, 3.05) is 0 Å². The third-order valence-electron chi connectivity index (χ3n) is 6.09. The monoisotopic (exact) mass is 302 g/mol. The number of hydrogen-bond donors (Lipinski definition) is 0. The van der Waals surface area contributed by atoms with E-state index in [4.69, 9.17) is 9.47 Å². The van der Waals surface area contributed by atoms with E-state index in [1.54, 1.807) is 0 Å². The molecule has 0 aromatic rings. The summed E-state index contributed by atoms with van der Waals surface area (Å²) in [6.07, 6.45) is 7.48. The van der Waals surface area contributed by atoms with Gasteiger partial charge in [0.2, 0.25) is 0 Å². The average molecular weight is 302 g/mol. The predicted octanol–water partition coefficient (Wildman–Crippen LogP) is 3.36. The third kappa shape index (κ3) is 1.48. The summed E-state index contributed by atoms with van der Waals surface area (Å²) in [7, 11) is 0. The van der Waals surface area contributed by atoms with E-state index in [9.17, 15) is 9.59 Å². The summed E-state index contributed by atoms with van der Waals surface area (Å²) in [5.74, 6) is -0.450. The number of ether oxygens (including phenoxy) is 2. The van der Waals surface area contributed by atoms with E-state index in [1.165, 1.54) is 0 Å². The van der Waals surface area contributed by atoms with Crippen molar-refractivity contribution in [1.29, 1.82) is 0 Å². The Morgan fingerprint density at radius 2 is 1.14 bits per heavy atom. The van der Waals surface area contributed by atoms with Crippen molar-refractivity contribution in [2.45, 2.75) is 76.4 Å². The average Bonchev–Trinajstić information content (AvgIpc) is 2.95. The van der Waals surface area contributed by atoms with E-state index < -0.39 is 11.2 Å². The molecule has 4 heteroatoms. The molecule has 4 nitrogen and oxygen atoms in total. The van der Waals surface area contributed by atoms with Gasteiger partial charge in [0.25, 0.3) is 0 Å². The molecule has 0 aromatic carbocycles. The van der Waals surface area contributed by atoms with Crippen LogP contribution in [0.3, 0.4) is 0 Å². The van der Waals surface area contributed by atoms with Crippen LogP contribution in [0.2, 0.25) is 0 Å². The maximum absolute atomic E-state index is 12.3. The molecule has 0 amide bonds. The number of esters is 2. The molecule has 0 spiro atoms. The first kappa shape index (κ1) is 14.0. The Labute approximate surface area is 130 Å². The fourth-order valence-corrected chi connectivity index (χ4v) is 5.04. The topological polar surface area (TPSA) is 52.6 Å². The molecule has 0 radical (unpaired) electrons. The van der Waals surface area contributed by atoms with Crippen LogP contribution in [0.15, 0.2) is 22.3 Å². The largest absolute Gasteiger partial charge is 0.446 e. The van der Waals surface area contributed by atoms with Crippen molar-refractivity contribution in [3.8, 4) is 0 Å². The molecule has 2 unspecified atom stereocenters. The maximum Gasteiger partial charge on any atom is 0.334 e. The summed E-state index contributed by atoms with van der Waals surface area (Å²) < 4.78 is 12.0. The summed E-state index contributed by atoms with van der Waals surface area (Å²) in [6, 6.07) is 0. The third-order valence-corrected chi connectivity index (χ3v) is 6.09. The molecule has 2 saturated carbocycles. The molecule has 4 rings (SSSR count). The zero-order valence-electron chi connectivity index (χ0n) is 13.3. The van der Waals surface area contributed by atoms with Crippen molar-refractivity contribution in [1.82, 2.24) is 0 Å². The molecule has 0 aromatic heterocycles. The smallest absolute Gasteiger partial charge is 0.334 e. The van der Waals surface area contributed by atoms with Gasteiger partial charge in [-0.2, -0.15) is 0 Å². The normalized spacial score (nSPS) is 37.9. The van der Waals surface area contributed by atoms with E-state index in [0.717, 1.165) is 73.7 Å². The zero-order chi connectivity index (χ0) is 15.5. The lowest BCUT2D eigenvalue weighted by Crippen LogP contribution is -2.59. The van der Waals surface area contributed by atoms with Gasteiger partial charge in [0, 0.05) is 11.1 Å². The second-order valence-corrected chi connectivity index (χ2v) is 7.05. The number of fused-ring (bicyclic) bond motifs is 3. The van der Waals surface area contributed by atoms with E-state index in [1.807, 2.05) is 13.8 Å². The van der Waals surface area contributed by atoms with Gasteiger partial charge in [-0.1, -0.05) is 0 Å². The highest BCUT2D eigenvalue weighted by Crippen LogP contribution is 2.59. The Balaban J connectivity index is 1.92. The maximum atomic E-state index is 12.3. The molecular weight excluding hydrogens is 280 g/mol. The number of rotatable bonds is 1. The van der Waals surface area contributed by atoms with Crippen LogP contribution in [0.25, 0.3) is 0 Å². The summed E-state index contributed by atoms with van der Waals surface area (Å²) in [6.45, 7) is 3.72. The second-order valence-electron chi connectivity index (χ2n) is 7.05. The minimum absolute atomic E-state index is 0.225. The van der Waals surface area contributed by atoms with E-state index in [-0.39, 0.29) is 11.9 Å². The van der Waals surface area contributed by atoms with Crippen LogP contribution >= 0.6 is 0 Å². The van der Waals surface area contributed by atoms with Crippen LogP contribution in [0.1, 0.15) is 65.2 Å². The van der Waals surface area contributed by atoms with Crippen molar-refractivity contribution in [3.63, 3.8) is 0 Å². The van der Waals surface area contributed by atoms with Crippen LogP contribution in [0, 0.1) is 0 Å². The molecule has 2 aliphatic carbocycles. The van der Waals surface area contributed by atoms with Crippen molar-refractivity contribution >= 4 is 11.9 Å². The van der Waals surface area contributed by atoms with Crippen LogP contribution in [0.4, 0.5) is 0 Å². The van der Waals surface area contributed by atoms with Crippen molar-refractivity contribution in [3.05, 3.63) is 22.3 Å². The minimum atomic E-state index is -0.727. The number of hydrogen-bond acceptors (Lipinski definition) is 4. The van der Waals surface area contributed by atoms with Crippen molar-refractivity contribution < 1.29 is 19.1 Å². The highest BCUT2D eigenvalue weighted by atomic mass is 16.6.